The third kappa shape index (κ3) is 2.93. The molecule has 0 amide bonds. The van der Waals surface area contributed by atoms with Gasteiger partial charge in [-0.3, -0.25) is 0 Å². The van der Waals surface area contributed by atoms with Crippen LogP contribution in [0, 0.1) is 0 Å². The van der Waals surface area contributed by atoms with Gasteiger partial charge in [0, 0.05) is 18.3 Å². The highest BCUT2D eigenvalue weighted by Crippen LogP contribution is 2.25. The number of hydrogen-bond acceptors (Lipinski definition) is 4. The zero-order valence-corrected chi connectivity index (χ0v) is 9.55. The largest absolute Gasteiger partial charge is 0.395 e. The van der Waals surface area contributed by atoms with Crippen LogP contribution in [-0.2, 0) is 9.84 Å². The predicted octanol–water partition coefficient (Wildman–Crippen LogP) is -0.0775. The average molecular weight is 221 g/mol. The average Bonchev–Trinajstić information content (AvgIpc) is 2.51. The van der Waals surface area contributed by atoms with Crippen molar-refractivity contribution in [1.82, 2.24) is 5.32 Å². The maximum Gasteiger partial charge on any atom is 0.151 e. The summed E-state index contributed by atoms with van der Waals surface area (Å²) in [4.78, 5) is 0. The molecule has 2 N–H and O–H groups in total. The van der Waals surface area contributed by atoms with Crippen LogP contribution in [0.15, 0.2) is 0 Å². The van der Waals surface area contributed by atoms with Crippen LogP contribution in [0.5, 0.6) is 0 Å². The van der Waals surface area contributed by atoms with E-state index in [2.05, 4.69) is 5.32 Å². The van der Waals surface area contributed by atoms with Crippen LogP contribution >= 0.6 is 0 Å². The third-order valence-corrected chi connectivity index (χ3v) is 4.44. The molecule has 0 saturated heterocycles. The summed E-state index contributed by atoms with van der Waals surface area (Å²) in [7, 11) is -2.95. The molecule has 0 aromatic rings. The SMILES string of the molecule is CC(CO)NC1CCCC1S(C)(=O)=O. The van der Waals surface area contributed by atoms with Gasteiger partial charge in [0.15, 0.2) is 9.84 Å². The van der Waals surface area contributed by atoms with Crippen molar-refractivity contribution < 1.29 is 13.5 Å². The van der Waals surface area contributed by atoms with Crippen LogP contribution in [0.4, 0.5) is 0 Å². The lowest BCUT2D eigenvalue weighted by atomic mass is 10.2. The number of sulfone groups is 1. The second kappa shape index (κ2) is 4.59. The van der Waals surface area contributed by atoms with E-state index in [9.17, 15) is 8.42 Å². The fourth-order valence-corrected chi connectivity index (χ4v) is 3.45. The van der Waals surface area contributed by atoms with Crippen LogP contribution in [0.25, 0.3) is 0 Å². The highest BCUT2D eigenvalue weighted by atomic mass is 32.2. The molecular formula is C9H19NO3S. The van der Waals surface area contributed by atoms with Gasteiger partial charge in [-0.1, -0.05) is 6.42 Å². The molecule has 1 aliphatic carbocycles. The van der Waals surface area contributed by atoms with Crippen molar-refractivity contribution in [3.8, 4) is 0 Å². The molecule has 0 bridgehead atoms. The fraction of sp³-hybridized carbons (Fsp3) is 1.00. The number of rotatable bonds is 4. The molecule has 0 spiro atoms. The molecule has 1 saturated carbocycles. The summed E-state index contributed by atoms with van der Waals surface area (Å²) in [6, 6.07) is -0.00509. The molecule has 0 heterocycles. The van der Waals surface area contributed by atoms with Gasteiger partial charge in [-0.05, 0) is 19.8 Å². The molecule has 5 heteroatoms. The Kier molecular flexibility index (Phi) is 3.92. The quantitative estimate of drug-likeness (QED) is 0.697. The standard InChI is InChI=1S/C9H19NO3S/c1-7(6-11)10-8-4-3-5-9(8)14(2,12)13/h7-11H,3-6H2,1-2H3. The van der Waals surface area contributed by atoms with E-state index in [4.69, 9.17) is 5.11 Å². The highest BCUT2D eigenvalue weighted by Gasteiger charge is 2.34. The van der Waals surface area contributed by atoms with Crippen LogP contribution in [0.1, 0.15) is 26.2 Å². The van der Waals surface area contributed by atoms with Crippen LogP contribution < -0.4 is 5.32 Å². The normalized spacial score (nSPS) is 30.5. The van der Waals surface area contributed by atoms with Gasteiger partial charge in [0.05, 0.1) is 11.9 Å². The Morgan fingerprint density at radius 1 is 1.50 bits per heavy atom. The molecule has 84 valence electrons. The number of aliphatic hydroxyl groups excluding tert-OH is 1. The number of hydrogen-bond donors (Lipinski definition) is 2. The molecular weight excluding hydrogens is 202 g/mol. The monoisotopic (exact) mass is 221 g/mol. The molecule has 3 unspecified atom stereocenters. The number of nitrogens with one attached hydrogen (secondary N) is 1. The van der Waals surface area contributed by atoms with E-state index in [1.54, 1.807) is 0 Å². The first-order valence-electron chi connectivity index (χ1n) is 5.01. The molecule has 0 aliphatic heterocycles. The minimum atomic E-state index is -2.95. The Labute approximate surface area is 85.6 Å². The summed E-state index contributed by atoms with van der Waals surface area (Å²) < 4.78 is 22.8. The van der Waals surface area contributed by atoms with Gasteiger partial charge in [-0.25, -0.2) is 8.42 Å². The second-order valence-electron chi connectivity index (χ2n) is 4.16. The van der Waals surface area contributed by atoms with Gasteiger partial charge in [0.25, 0.3) is 0 Å². The maximum absolute atomic E-state index is 11.4. The van der Waals surface area contributed by atoms with Gasteiger partial charge in [0.2, 0.25) is 0 Å². The van der Waals surface area contributed by atoms with Crippen molar-refractivity contribution >= 4 is 9.84 Å². The molecule has 1 aliphatic rings. The van der Waals surface area contributed by atoms with E-state index in [0.717, 1.165) is 19.3 Å². The smallest absolute Gasteiger partial charge is 0.151 e. The van der Waals surface area contributed by atoms with Gasteiger partial charge in [0.1, 0.15) is 0 Å². The van der Waals surface area contributed by atoms with E-state index in [0.29, 0.717) is 0 Å². The second-order valence-corrected chi connectivity index (χ2v) is 6.42. The van der Waals surface area contributed by atoms with E-state index in [1.165, 1.54) is 6.26 Å². The van der Waals surface area contributed by atoms with E-state index >= 15 is 0 Å². The lowest BCUT2D eigenvalue weighted by Gasteiger charge is -2.22. The van der Waals surface area contributed by atoms with Crippen LogP contribution in [0.2, 0.25) is 0 Å². The molecule has 14 heavy (non-hydrogen) atoms. The molecule has 0 aromatic carbocycles. The first-order valence-corrected chi connectivity index (χ1v) is 6.96. The lowest BCUT2D eigenvalue weighted by molar-refractivity contribution is 0.241. The minimum Gasteiger partial charge on any atom is -0.395 e. The van der Waals surface area contributed by atoms with Crippen molar-refractivity contribution in [2.45, 2.75) is 43.5 Å². The Bertz CT molecular complexity index is 276. The molecule has 0 radical (unpaired) electrons. The van der Waals surface area contributed by atoms with Gasteiger partial charge in [-0.2, -0.15) is 0 Å². The van der Waals surface area contributed by atoms with Crippen LogP contribution in [-0.4, -0.2) is 43.7 Å². The predicted molar refractivity (Wildman–Crippen MR) is 56.0 cm³/mol. The Balaban J connectivity index is 2.60. The Morgan fingerprint density at radius 2 is 2.14 bits per heavy atom. The third-order valence-electron chi connectivity index (χ3n) is 2.77. The summed E-state index contributed by atoms with van der Waals surface area (Å²) >= 11 is 0. The van der Waals surface area contributed by atoms with Gasteiger partial charge in [-0.15, -0.1) is 0 Å². The van der Waals surface area contributed by atoms with Gasteiger partial charge >= 0.3 is 0 Å². The van der Waals surface area contributed by atoms with Gasteiger partial charge < -0.3 is 10.4 Å². The van der Waals surface area contributed by atoms with Crippen LogP contribution in [0.3, 0.4) is 0 Å². The fourth-order valence-electron chi connectivity index (χ4n) is 2.05. The van der Waals surface area contributed by atoms with Crippen molar-refractivity contribution in [2.24, 2.45) is 0 Å². The summed E-state index contributed by atoms with van der Waals surface area (Å²) in [5.41, 5.74) is 0. The lowest BCUT2D eigenvalue weighted by Crippen LogP contribution is -2.45. The Hall–Kier alpha value is -0.130. The van der Waals surface area contributed by atoms with E-state index < -0.39 is 9.84 Å². The highest BCUT2D eigenvalue weighted by molar-refractivity contribution is 7.91. The minimum absolute atomic E-state index is 0.0205. The maximum atomic E-state index is 11.4. The summed E-state index contributed by atoms with van der Waals surface area (Å²) in [5, 5.41) is 11.8. The molecule has 1 rings (SSSR count). The summed E-state index contributed by atoms with van der Waals surface area (Å²) in [6.07, 6.45) is 3.88. The zero-order valence-electron chi connectivity index (χ0n) is 8.73. The summed E-state index contributed by atoms with van der Waals surface area (Å²) in [5.74, 6) is 0. The van der Waals surface area contributed by atoms with Crippen molar-refractivity contribution in [3.05, 3.63) is 0 Å². The van der Waals surface area contributed by atoms with Crippen molar-refractivity contribution in [2.75, 3.05) is 12.9 Å². The number of aliphatic hydroxyl groups is 1. The van der Waals surface area contributed by atoms with Crippen molar-refractivity contribution in [1.29, 1.82) is 0 Å². The van der Waals surface area contributed by atoms with Crippen molar-refractivity contribution in [3.63, 3.8) is 0 Å². The molecule has 3 atom stereocenters. The topological polar surface area (TPSA) is 66.4 Å². The summed E-state index contributed by atoms with van der Waals surface area (Å²) in [6.45, 7) is 1.91. The van der Waals surface area contributed by atoms with E-state index in [-0.39, 0.29) is 23.9 Å². The molecule has 0 aromatic heterocycles. The first-order chi connectivity index (χ1) is 6.45. The molecule has 1 fully saturated rings. The zero-order chi connectivity index (χ0) is 10.8. The van der Waals surface area contributed by atoms with E-state index in [1.807, 2.05) is 6.92 Å². The Morgan fingerprint density at radius 3 is 2.64 bits per heavy atom. The first kappa shape index (κ1) is 11.9. The molecule has 4 nitrogen and oxygen atoms in total.